The van der Waals surface area contributed by atoms with Crippen molar-refractivity contribution in [3.8, 4) is 0 Å². The fourth-order valence-electron chi connectivity index (χ4n) is 1.94. The first-order valence-corrected chi connectivity index (χ1v) is 5.79. The first kappa shape index (κ1) is 12.3. The van der Waals surface area contributed by atoms with Gasteiger partial charge in [0.05, 0.1) is 5.60 Å². The Kier molecular flexibility index (Phi) is 4.39. The van der Waals surface area contributed by atoms with E-state index in [-0.39, 0.29) is 12.1 Å². The third-order valence-corrected chi connectivity index (χ3v) is 2.78. The first-order valence-electron chi connectivity index (χ1n) is 5.79. The van der Waals surface area contributed by atoms with Gasteiger partial charge in [-0.15, -0.1) is 0 Å². The van der Waals surface area contributed by atoms with E-state index in [4.69, 9.17) is 0 Å². The highest BCUT2D eigenvalue weighted by Gasteiger charge is 2.29. The van der Waals surface area contributed by atoms with Gasteiger partial charge >= 0.3 is 6.03 Å². The van der Waals surface area contributed by atoms with Crippen molar-refractivity contribution in [2.75, 3.05) is 6.54 Å². The predicted molar refractivity (Wildman–Crippen MR) is 59.7 cm³/mol. The molecule has 0 saturated heterocycles. The van der Waals surface area contributed by atoms with Crippen molar-refractivity contribution in [3.05, 3.63) is 0 Å². The number of rotatable bonds is 3. The molecule has 0 bridgehead atoms. The quantitative estimate of drug-likeness (QED) is 0.665. The van der Waals surface area contributed by atoms with Crippen LogP contribution in [0.3, 0.4) is 0 Å². The summed E-state index contributed by atoms with van der Waals surface area (Å²) in [4.78, 5) is 11.3. The van der Waals surface area contributed by atoms with E-state index < -0.39 is 5.60 Å². The highest BCUT2D eigenvalue weighted by molar-refractivity contribution is 5.74. The van der Waals surface area contributed by atoms with Gasteiger partial charge in [0.2, 0.25) is 0 Å². The number of urea groups is 1. The third kappa shape index (κ3) is 4.51. The Labute approximate surface area is 91.4 Å². The molecule has 0 aromatic rings. The Morgan fingerprint density at radius 1 is 1.33 bits per heavy atom. The van der Waals surface area contributed by atoms with E-state index >= 15 is 0 Å². The smallest absolute Gasteiger partial charge is 0.315 e. The summed E-state index contributed by atoms with van der Waals surface area (Å²) >= 11 is 0. The number of nitrogens with one attached hydrogen (secondary N) is 2. The lowest BCUT2D eigenvalue weighted by molar-refractivity contribution is 0.00715. The van der Waals surface area contributed by atoms with Crippen molar-refractivity contribution in [2.45, 2.75) is 57.6 Å². The summed E-state index contributed by atoms with van der Waals surface area (Å²) < 4.78 is 0. The van der Waals surface area contributed by atoms with Crippen LogP contribution >= 0.6 is 0 Å². The maximum atomic E-state index is 11.3. The molecule has 0 radical (unpaired) electrons. The van der Waals surface area contributed by atoms with E-state index in [2.05, 4.69) is 10.6 Å². The minimum Gasteiger partial charge on any atom is -0.388 e. The minimum atomic E-state index is -0.674. The molecule has 0 unspecified atom stereocenters. The largest absolute Gasteiger partial charge is 0.388 e. The lowest BCUT2D eigenvalue weighted by Crippen LogP contribution is -2.48. The zero-order chi connectivity index (χ0) is 11.3. The molecule has 0 heterocycles. The molecule has 0 aromatic carbocycles. The summed E-state index contributed by atoms with van der Waals surface area (Å²) in [6.45, 7) is 4.19. The monoisotopic (exact) mass is 214 g/mol. The highest BCUT2D eigenvalue weighted by Crippen LogP contribution is 2.27. The molecule has 88 valence electrons. The summed E-state index contributed by atoms with van der Waals surface area (Å²) in [7, 11) is 0. The van der Waals surface area contributed by atoms with Crippen LogP contribution in [-0.4, -0.2) is 29.3 Å². The normalized spacial score (nSPS) is 20.0. The van der Waals surface area contributed by atoms with E-state index in [9.17, 15) is 9.90 Å². The van der Waals surface area contributed by atoms with Crippen molar-refractivity contribution in [1.29, 1.82) is 0 Å². The standard InChI is InChI=1S/C11H22N2O2/c1-9(2)13-10(14)12-8-11(15)6-4-3-5-7-11/h9,15H,3-8H2,1-2H3,(H2,12,13,14). The third-order valence-electron chi connectivity index (χ3n) is 2.78. The molecule has 0 spiro atoms. The van der Waals surface area contributed by atoms with Crippen LogP contribution in [-0.2, 0) is 0 Å². The molecule has 15 heavy (non-hydrogen) atoms. The molecule has 4 heteroatoms. The van der Waals surface area contributed by atoms with Crippen LogP contribution in [0.1, 0.15) is 46.0 Å². The molecular weight excluding hydrogens is 192 g/mol. The summed E-state index contributed by atoms with van der Waals surface area (Å²) in [5.41, 5.74) is -0.674. The summed E-state index contributed by atoms with van der Waals surface area (Å²) in [5, 5.41) is 15.6. The van der Waals surface area contributed by atoms with Crippen LogP contribution < -0.4 is 10.6 Å². The van der Waals surface area contributed by atoms with E-state index in [1.54, 1.807) is 0 Å². The van der Waals surface area contributed by atoms with Gasteiger partial charge in [-0.25, -0.2) is 4.79 Å². The maximum absolute atomic E-state index is 11.3. The first-order chi connectivity index (χ1) is 7.02. The van der Waals surface area contributed by atoms with Gasteiger partial charge in [0.25, 0.3) is 0 Å². The van der Waals surface area contributed by atoms with E-state index in [1.807, 2.05) is 13.8 Å². The molecule has 2 amide bonds. The zero-order valence-electron chi connectivity index (χ0n) is 9.68. The van der Waals surface area contributed by atoms with Gasteiger partial charge < -0.3 is 15.7 Å². The van der Waals surface area contributed by atoms with Gasteiger partial charge in [-0.05, 0) is 26.7 Å². The van der Waals surface area contributed by atoms with Crippen LogP contribution in [0.4, 0.5) is 4.79 Å². The fourth-order valence-corrected chi connectivity index (χ4v) is 1.94. The molecule has 1 aliphatic carbocycles. The SMILES string of the molecule is CC(C)NC(=O)NCC1(O)CCCCC1. The molecule has 1 saturated carbocycles. The van der Waals surface area contributed by atoms with Crippen molar-refractivity contribution >= 4 is 6.03 Å². The molecule has 0 aromatic heterocycles. The Bertz CT molecular complexity index is 211. The van der Waals surface area contributed by atoms with Crippen molar-refractivity contribution < 1.29 is 9.90 Å². The second-order valence-corrected chi connectivity index (χ2v) is 4.77. The molecule has 1 aliphatic rings. The molecule has 0 atom stereocenters. The van der Waals surface area contributed by atoms with Crippen molar-refractivity contribution in [1.82, 2.24) is 10.6 Å². The van der Waals surface area contributed by atoms with Crippen LogP contribution in [0.2, 0.25) is 0 Å². The molecule has 1 rings (SSSR count). The molecule has 3 N–H and O–H groups in total. The van der Waals surface area contributed by atoms with E-state index in [0.29, 0.717) is 6.54 Å². The van der Waals surface area contributed by atoms with Crippen LogP contribution in [0.5, 0.6) is 0 Å². The average molecular weight is 214 g/mol. The van der Waals surface area contributed by atoms with Crippen LogP contribution in [0.25, 0.3) is 0 Å². The van der Waals surface area contributed by atoms with Crippen molar-refractivity contribution in [3.63, 3.8) is 0 Å². The molecular formula is C11H22N2O2. The second kappa shape index (κ2) is 5.35. The van der Waals surface area contributed by atoms with Crippen LogP contribution in [0, 0.1) is 0 Å². The molecule has 1 fully saturated rings. The summed E-state index contributed by atoms with van der Waals surface area (Å²) in [5.74, 6) is 0. The predicted octanol–water partition coefficient (Wildman–Crippen LogP) is 1.39. The number of carbonyl (C=O) groups is 1. The molecule has 4 nitrogen and oxygen atoms in total. The fraction of sp³-hybridized carbons (Fsp3) is 0.909. The number of hydrogen-bond acceptors (Lipinski definition) is 2. The number of amides is 2. The van der Waals surface area contributed by atoms with Gasteiger partial charge in [-0.1, -0.05) is 19.3 Å². The number of aliphatic hydroxyl groups is 1. The highest BCUT2D eigenvalue weighted by atomic mass is 16.3. The summed E-state index contributed by atoms with van der Waals surface area (Å²) in [6.07, 6.45) is 4.92. The van der Waals surface area contributed by atoms with E-state index in [1.165, 1.54) is 6.42 Å². The van der Waals surface area contributed by atoms with Gasteiger partial charge in [-0.3, -0.25) is 0 Å². The van der Waals surface area contributed by atoms with Gasteiger partial charge in [0.1, 0.15) is 0 Å². The lowest BCUT2D eigenvalue weighted by atomic mass is 9.85. The number of carbonyl (C=O) groups excluding carboxylic acids is 1. The Hall–Kier alpha value is -0.770. The summed E-state index contributed by atoms with van der Waals surface area (Å²) in [6, 6.07) is -0.0602. The van der Waals surface area contributed by atoms with Crippen molar-refractivity contribution in [2.24, 2.45) is 0 Å². The second-order valence-electron chi connectivity index (χ2n) is 4.77. The molecule has 0 aliphatic heterocycles. The number of hydrogen-bond donors (Lipinski definition) is 3. The maximum Gasteiger partial charge on any atom is 0.315 e. The van der Waals surface area contributed by atoms with Crippen LogP contribution in [0.15, 0.2) is 0 Å². The average Bonchev–Trinajstić information content (AvgIpc) is 2.15. The minimum absolute atomic E-state index is 0.131. The Morgan fingerprint density at radius 2 is 1.93 bits per heavy atom. The topological polar surface area (TPSA) is 61.4 Å². The lowest BCUT2D eigenvalue weighted by Gasteiger charge is -2.32. The van der Waals surface area contributed by atoms with Gasteiger partial charge in [0.15, 0.2) is 0 Å². The zero-order valence-corrected chi connectivity index (χ0v) is 9.68. The van der Waals surface area contributed by atoms with Gasteiger partial charge in [0, 0.05) is 12.6 Å². The Balaban J connectivity index is 2.25. The Morgan fingerprint density at radius 3 is 2.47 bits per heavy atom. The van der Waals surface area contributed by atoms with E-state index in [0.717, 1.165) is 25.7 Å². The van der Waals surface area contributed by atoms with Gasteiger partial charge in [-0.2, -0.15) is 0 Å².